The number of fused-ring (bicyclic) bond motifs is 1. The molecule has 0 bridgehead atoms. The fourth-order valence-corrected chi connectivity index (χ4v) is 3.82. The summed E-state index contributed by atoms with van der Waals surface area (Å²) in [6.45, 7) is 4.49. The van der Waals surface area contributed by atoms with Crippen LogP contribution in [-0.4, -0.2) is 45.4 Å². The molecule has 1 saturated carbocycles. The van der Waals surface area contributed by atoms with Crippen molar-refractivity contribution in [3.8, 4) is 0 Å². The lowest BCUT2D eigenvalue weighted by Gasteiger charge is -2.35. The van der Waals surface area contributed by atoms with Crippen LogP contribution >= 0.6 is 12.4 Å². The molecule has 1 aromatic carbocycles. The molecule has 2 N–H and O–H groups in total. The van der Waals surface area contributed by atoms with Crippen LogP contribution in [0.1, 0.15) is 28.9 Å². The van der Waals surface area contributed by atoms with Crippen molar-refractivity contribution in [1.29, 1.82) is 0 Å². The van der Waals surface area contributed by atoms with E-state index in [1.165, 1.54) is 18.9 Å². The maximum absolute atomic E-state index is 14.7. The molecule has 0 radical (unpaired) electrons. The van der Waals surface area contributed by atoms with E-state index >= 15 is 0 Å². The number of carbonyl (C=O) groups is 1. The Morgan fingerprint density at radius 1 is 1.31 bits per heavy atom. The van der Waals surface area contributed by atoms with Gasteiger partial charge in [0.1, 0.15) is 11.6 Å². The first-order valence-electron chi connectivity index (χ1n) is 9.44. The monoisotopic (exact) mass is 416 g/mol. The van der Waals surface area contributed by atoms with E-state index in [1.54, 1.807) is 22.9 Å². The average molecular weight is 417 g/mol. The number of aromatic nitrogens is 3. The molecule has 2 aromatic heterocycles. The summed E-state index contributed by atoms with van der Waals surface area (Å²) in [6, 6.07) is 4.81. The van der Waals surface area contributed by atoms with Gasteiger partial charge in [0.2, 0.25) is 0 Å². The molecule has 2 fully saturated rings. The van der Waals surface area contributed by atoms with Crippen LogP contribution in [0.25, 0.3) is 5.65 Å². The highest BCUT2D eigenvalue weighted by atomic mass is 35.5. The van der Waals surface area contributed by atoms with Crippen molar-refractivity contribution in [1.82, 2.24) is 19.7 Å². The van der Waals surface area contributed by atoms with Crippen molar-refractivity contribution in [3.05, 3.63) is 53.9 Å². The number of piperazine rings is 1. The fraction of sp³-hybridized carbons (Fsp3) is 0.350. The van der Waals surface area contributed by atoms with E-state index in [1.807, 2.05) is 19.2 Å². The van der Waals surface area contributed by atoms with Crippen molar-refractivity contribution in [2.75, 3.05) is 29.9 Å². The smallest absolute Gasteiger partial charge is 0.259 e. The molecule has 1 saturated heterocycles. The maximum Gasteiger partial charge on any atom is 0.259 e. The van der Waals surface area contributed by atoms with Crippen LogP contribution in [0.4, 0.5) is 15.9 Å². The van der Waals surface area contributed by atoms with E-state index in [0.717, 1.165) is 31.0 Å². The van der Waals surface area contributed by atoms with Gasteiger partial charge in [-0.15, -0.1) is 12.4 Å². The molecule has 9 heteroatoms. The van der Waals surface area contributed by atoms with Crippen molar-refractivity contribution in [3.63, 3.8) is 0 Å². The van der Waals surface area contributed by atoms with Gasteiger partial charge < -0.3 is 19.9 Å². The number of hydrogen-bond donors (Lipinski definition) is 2. The summed E-state index contributed by atoms with van der Waals surface area (Å²) in [5.74, 6) is -0.708. The van der Waals surface area contributed by atoms with Crippen LogP contribution in [0, 0.1) is 12.7 Å². The average Bonchev–Trinajstić information content (AvgIpc) is 3.30. The van der Waals surface area contributed by atoms with E-state index in [2.05, 4.69) is 25.5 Å². The number of nitrogens with one attached hydrogen (secondary N) is 2. The van der Waals surface area contributed by atoms with Crippen LogP contribution in [-0.2, 0) is 0 Å². The number of rotatable bonds is 3. The highest BCUT2D eigenvalue weighted by Gasteiger charge is 2.45. The summed E-state index contributed by atoms with van der Waals surface area (Å²) in [5.41, 5.74) is 2.57. The molecular formula is C20H22ClFN6O. The van der Waals surface area contributed by atoms with Crippen LogP contribution in [0.3, 0.4) is 0 Å². The van der Waals surface area contributed by atoms with Gasteiger partial charge in [-0.25, -0.2) is 14.4 Å². The first kappa shape index (κ1) is 19.6. The van der Waals surface area contributed by atoms with Gasteiger partial charge in [0.05, 0.1) is 23.7 Å². The fourth-order valence-electron chi connectivity index (χ4n) is 3.82. The molecule has 152 valence electrons. The topological polar surface area (TPSA) is 74.6 Å². The van der Waals surface area contributed by atoms with E-state index in [-0.39, 0.29) is 23.5 Å². The molecule has 3 aromatic rings. The Labute approximate surface area is 173 Å². The standard InChI is InChI=1S/C20H21FN6O.ClH/c1-13-10-27-11-17(22-9-18(27)24-13)25-19(28)15-3-2-14(8-16(15)21)26-7-6-23-20(12-26)4-5-20;/h2-3,8-11,23H,4-7,12H2,1H3,(H,25,28);1H. The van der Waals surface area contributed by atoms with Crippen molar-refractivity contribution < 1.29 is 9.18 Å². The van der Waals surface area contributed by atoms with Gasteiger partial charge in [0, 0.05) is 37.1 Å². The van der Waals surface area contributed by atoms with Gasteiger partial charge in [-0.3, -0.25) is 4.79 Å². The van der Waals surface area contributed by atoms with Gasteiger partial charge in [-0.05, 0) is 38.0 Å². The lowest BCUT2D eigenvalue weighted by atomic mass is 10.1. The third-order valence-electron chi connectivity index (χ3n) is 5.49. The van der Waals surface area contributed by atoms with Gasteiger partial charge in [-0.1, -0.05) is 0 Å². The van der Waals surface area contributed by atoms with E-state index in [4.69, 9.17) is 0 Å². The molecule has 5 rings (SSSR count). The molecule has 0 unspecified atom stereocenters. The third-order valence-corrected chi connectivity index (χ3v) is 5.49. The summed E-state index contributed by atoms with van der Waals surface area (Å²) in [4.78, 5) is 23.2. The Bertz CT molecular complexity index is 1080. The third kappa shape index (κ3) is 3.77. The number of amides is 1. The lowest BCUT2D eigenvalue weighted by Crippen LogP contribution is -2.52. The molecule has 2 aliphatic rings. The Morgan fingerprint density at radius 2 is 2.14 bits per heavy atom. The number of anilines is 2. The molecule has 7 nitrogen and oxygen atoms in total. The summed E-state index contributed by atoms with van der Waals surface area (Å²) in [5, 5.41) is 6.20. The highest BCUT2D eigenvalue weighted by molar-refractivity contribution is 6.04. The number of halogens is 2. The Hall–Kier alpha value is -2.71. The van der Waals surface area contributed by atoms with Gasteiger partial charge >= 0.3 is 0 Å². The molecule has 1 amide bonds. The zero-order valence-electron chi connectivity index (χ0n) is 16.0. The quantitative estimate of drug-likeness (QED) is 0.686. The van der Waals surface area contributed by atoms with E-state index in [9.17, 15) is 9.18 Å². The second-order valence-corrected chi connectivity index (χ2v) is 7.67. The first-order valence-corrected chi connectivity index (χ1v) is 9.44. The molecular weight excluding hydrogens is 395 g/mol. The SMILES string of the molecule is Cc1cn2cc(NC(=O)c3ccc(N4CCNC5(CC5)C4)cc3F)ncc2n1.Cl. The number of nitrogens with zero attached hydrogens (tertiary/aromatic N) is 4. The summed E-state index contributed by atoms with van der Waals surface area (Å²) < 4.78 is 16.5. The normalized spacial score (nSPS) is 17.2. The van der Waals surface area contributed by atoms with E-state index in [0.29, 0.717) is 11.5 Å². The summed E-state index contributed by atoms with van der Waals surface area (Å²) in [7, 11) is 0. The van der Waals surface area contributed by atoms with Crippen molar-refractivity contribution in [2.45, 2.75) is 25.3 Å². The minimum Gasteiger partial charge on any atom is -0.368 e. The minimum absolute atomic E-state index is 0. The largest absolute Gasteiger partial charge is 0.368 e. The second kappa shape index (κ2) is 7.27. The second-order valence-electron chi connectivity index (χ2n) is 7.67. The Balaban J connectivity index is 0.00000205. The lowest BCUT2D eigenvalue weighted by molar-refractivity contribution is 0.102. The number of aryl methyl sites for hydroxylation is 1. The number of benzene rings is 1. The number of carbonyl (C=O) groups excluding carboxylic acids is 1. The maximum atomic E-state index is 14.7. The van der Waals surface area contributed by atoms with Gasteiger partial charge in [0.15, 0.2) is 5.65 Å². The zero-order chi connectivity index (χ0) is 19.3. The van der Waals surface area contributed by atoms with Crippen LogP contribution in [0.2, 0.25) is 0 Å². The van der Waals surface area contributed by atoms with Gasteiger partial charge in [0.25, 0.3) is 5.91 Å². The molecule has 29 heavy (non-hydrogen) atoms. The molecule has 1 aliphatic carbocycles. The van der Waals surface area contributed by atoms with Crippen LogP contribution < -0.4 is 15.5 Å². The highest BCUT2D eigenvalue weighted by Crippen LogP contribution is 2.38. The first-order chi connectivity index (χ1) is 13.5. The van der Waals surface area contributed by atoms with Crippen LogP contribution in [0.5, 0.6) is 0 Å². The minimum atomic E-state index is -0.530. The molecule has 0 atom stereocenters. The molecule has 3 heterocycles. The molecule has 1 aliphatic heterocycles. The van der Waals surface area contributed by atoms with Crippen molar-refractivity contribution in [2.24, 2.45) is 0 Å². The van der Waals surface area contributed by atoms with Crippen LogP contribution in [0.15, 0.2) is 36.8 Å². The summed E-state index contributed by atoms with van der Waals surface area (Å²) in [6.07, 6.45) is 7.40. The van der Waals surface area contributed by atoms with Gasteiger partial charge in [-0.2, -0.15) is 0 Å². The van der Waals surface area contributed by atoms with E-state index < -0.39 is 11.7 Å². The number of hydrogen-bond acceptors (Lipinski definition) is 5. The Morgan fingerprint density at radius 3 is 2.90 bits per heavy atom. The number of imidazole rings is 1. The zero-order valence-corrected chi connectivity index (χ0v) is 16.8. The Kier molecular flexibility index (Phi) is 4.92. The predicted molar refractivity (Wildman–Crippen MR) is 112 cm³/mol. The van der Waals surface area contributed by atoms with Crippen molar-refractivity contribution >= 4 is 35.5 Å². The predicted octanol–water partition coefficient (Wildman–Crippen LogP) is 2.79. The summed E-state index contributed by atoms with van der Waals surface area (Å²) >= 11 is 0. The molecule has 1 spiro atoms.